The van der Waals surface area contributed by atoms with Crippen LogP contribution in [0, 0.1) is 5.92 Å². The number of piperidine rings is 1. The molecule has 0 aromatic carbocycles. The zero-order valence-electron chi connectivity index (χ0n) is 16.7. The van der Waals surface area contributed by atoms with Gasteiger partial charge in [0.25, 0.3) is 0 Å². The summed E-state index contributed by atoms with van der Waals surface area (Å²) >= 11 is 1.79. The van der Waals surface area contributed by atoms with Crippen LogP contribution >= 0.6 is 35.3 Å². The molecule has 0 atom stereocenters. The molecule has 1 aliphatic carbocycles. The molecule has 1 aromatic rings. The van der Waals surface area contributed by atoms with Crippen molar-refractivity contribution in [3.8, 4) is 0 Å². The van der Waals surface area contributed by atoms with E-state index < -0.39 is 0 Å². The number of rotatable bonds is 6. The Labute approximate surface area is 185 Å². The number of nitrogens with one attached hydrogen (secondary N) is 1. The van der Waals surface area contributed by atoms with Gasteiger partial charge in [-0.15, -0.1) is 35.3 Å². The summed E-state index contributed by atoms with van der Waals surface area (Å²) in [5, 5.41) is 6.93. The fraction of sp³-hybridized carbons (Fsp3) is 0.800. The molecule has 1 aromatic heterocycles. The van der Waals surface area contributed by atoms with Crippen LogP contribution in [0.5, 0.6) is 0 Å². The fourth-order valence-electron chi connectivity index (χ4n) is 4.05. The molecule has 3 rings (SSSR count). The second-order valence-electron chi connectivity index (χ2n) is 7.86. The largest absolute Gasteiger partial charge is 0.370 e. The normalized spacial score (nSPS) is 20.9. The van der Waals surface area contributed by atoms with Crippen LogP contribution in [0.1, 0.15) is 69.0 Å². The minimum absolute atomic E-state index is 0. The van der Waals surface area contributed by atoms with Crippen LogP contribution < -0.4 is 11.1 Å². The van der Waals surface area contributed by atoms with Gasteiger partial charge in [-0.1, -0.05) is 32.6 Å². The molecule has 154 valence electrons. The Balaban J connectivity index is 0.00000261. The molecule has 2 fully saturated rings. The lowest BCUT2D eigenvalue weighted by Crippen LogP contribution is -2.40. The average Bonchev–Trinajstić information content (AvgIpc) is 2.96. The first kappa shape index (κ1) is 22.9. The van der Waals surface area contributed by atoms with Crippen LogP contribution in [0.25, 0.3) is 0 Å². The number of halogens is 1. The van der Waals surface area contributed by atoms with Crippen molar-refractivity contribution in [1.82, 2.24) is 15.2 Å². The van der Waals surface area contributed by atoms with Gasteiger partial charge in [0.15, 0.2) is 5.96 Å². The summed E-state index contributed by atoms with van der Waals surface area (Å²) in [7, 11) is 0. The van der Waals surface area contributed by atoms with Crippen molar-refractivity contribution in [2.45, 2.75) is 77.3 Å². The molecule has 27 heavy (non-hydrogen) atoms. The third kappa shape index (κ3) is 7.85. The summed E-state index contributed by atoms with van der Waals surface area (Å²) in [6.45, 7) is 6.34. The van der Waals surface area contributed by atoms with E-state index in [1.165, 1.54) is 62.1 Å². The zero-order chi connectivity index (χ0) is 18.2. The number of aliphatic imine (C=N–C) groups is 1. The van der Waals surface area contributed by atoms with Gasteiger partial charge in [0.2, 0.25) is 0 Å². The molecule has 3 N–H and O–H groups in total. The first-order chi connectivity index (χ1) is 12.7. The van der Waals surface area contributed by atoms with Crippen LogP contribution in [0.4, 0.5) is 0 Å². The van der Waals surface area contributed by atoms with E-state index >= 15 is 0 Å². The van der Waals surface area contributed by atoms with Gasteiger partial charge in [0.1, 0.15) is 0 Å². The van der Waals surface area contributed by atoms with Gasteiger partial charge in [-0.25, -0.2) is 4.98 Å². The molecule has 1 aliphatic heterocycles. The summed E-state index contributed by atoms with van der Waals surface area (Å²) in [6.07, 6.45) is 11.3. The number of nitrogens with two attached hydrogens (primary N) is 1. The minimum atomic E-state index is 0. The van der Waals surface area contributed by atoms with Crippen LogP contribution in [-0.4, -0.2) is 41.5 Å². The Bertz CT molecular complexity index is 560. The summed E-state index contributed by atoms with van der Waals surface area (Å²) < 4.78 is 0. The number of likely N-dealkylation sites (tertiary alicyclic amines) is 1. The van der Waals surface area contributed by atoms with Crippen molar-refractivity contribution in [3.63, 3.8) is 0 Å². The highest BCUT2D eigenvalue weighted by molar-refractivity contribution is 14.0. The Kier molecular flexibility index (Phi) is 10.3. The summed E-state index contributed by atoms with van der Waals surface area (Å²) in [4.78, 5) is 11.9. The molecule has 0 spiro atoms. The molecule has 0 radical (unpaired) electrons. The Morgan fingerprint density at radius 1 is 1.22 bits per heavy atom. The number of hydrogen-bond acceptors (Lipinski definition) is 4. The lowest BCUT2D eigenvalue weighted by molar-refractivity contribution is 0.179. The lowest BCUT2D eigenvalue weighted by atomic mass is 9.97. The van der Waals surface area contributed by atoms with Gasteiger partial charge in [0.05, 0.1) is 10.7 Å². The molecule has 2 heterocycles. The van der Waals surface area contributed by atoms with Gasteiger partial charge in [-0.3, -0.25) is 9.89 Å². The SMILES string of the molecule is CCc1nc(CN2CCC(CN=C(N)NC3CCCCCC3)CC2)cs1.I. The van der Waals surface area contributed by atoms with Crippen molar-refractivity contribution in [2.24, 2.45) is 16.6 Å². The van der Waals surface area contributed by atoms with E-state index in [1.54, 1.807) is 11.3 Å². The Hall–Kier alpha value is -0.410. The maximum absolute atomic E-state index is 6.14. The van der Waals surface area contributed by atoms with Crippen LogP contribution in [-0.2, 0) is 13.0 Å². The molecule has 2 aliphatic rings. The standard InChI is InChI=1S/C20H35N5S.HI/c1-2-19-23-18(15-26-19)14-25-11-9-16(10-12-25)13-22-20(21)24-17-7-5-3-4-6-8-17;/h15-17H,2-14H2,1H3,(H3,21,22,24);1H. The molecule has 1 saturated heterocycles. The maximum Gasteiger partial charge on any atom is 0.188 e. The molecule has 5 nitrogen and oxygen atoms in total. The quantitative estimate of drug-likeness (QED) is 0.264. The average molecular weight is 506 g/mol. The van der Waals surface area contributed by atoms with E-state index in [1.807, 2.05) is 0 Å². The second kappa shape index (κ2) is 12.2. The van der Waals surface area contributed by atoms with E-state index in [0.29, 0.717) is 17.9 Å². The molecular weight excluding hydrogens is 469 g/mol. The summed E-state index contributed by atoms with van der Waals surface area (Å²) in [5.41, 5.74) is 7.38. The van der Waals surface area contributed by atoms with E-state index in [9.17, 15) is 0 Å². The number of aryl methyl sites for hydroxylation is 1. The lowest BCUT2D eigenvalue weighted by Gasteiger charge is -2.30. The van der Waals surface area contributed by atoms with Gasteiger partial charge < -0.3 is 11.1 Å². The van der Waals surface area contributed by atoms with Gasteiger partial charge >= 0.3 is 0 Å². The molecule has 7 heteroatoms. The number of nitrogens with zero attached hydrogens (tertiary/aromatic N) is 3. The predicted octanol–water partition coefficient (Wildman–Crippen LogP) is 4.16. The Morgan fingerprint density at radius 2 is 1.93 bits per heavy atom. The van der Waals surface area contributed by atoms with Crippen LogP contribution in [0.3, 0.4) is 0 Å². The summed E-state index contributed by atoms with van der Waals surface area (Å²) in [6, 6.07) is 0.536. The zero-order valence-corrected chi connectivity index (χ0v) is 19.8. The first-order valence-corrected chi connectivity index (χ1v) is 11.3. The molecular formula is C20H36IN5S. The van der Waals surface area contributed by atoms with Crippen molar-refractivity contribution < 1.29 is 0 Å². The first-order valence-electron chi connectivity index (χ1n) is 10.4. The maximum atomic E-state index is 6.14. The van der Waals surface area contributed by atoms with E-state index in [-0.39, 0.29) is 24.0 Å². The molecule has 0 amide bonds. The highest BCUT2D eigenvalue weighted by Gasteiger charge is 2.20. The van der Waals surface area contributed by atoms with Crippen LogP contribution in [0.15, 0.2) is 10.4 Å². The summed E-state index contributed by atoms with van der Waals surface area (Å²) in [5.74, 6) is 1.33. The highest BCUT2D eigenvalue weighted by atomic mass is 127. The topological polar surface area (TPSA) is 66.5 Å². The van der Waals surface area contributed by atoms with E-state index in [2.05, 4.69) is 27.5 Å². The van der Waals surface area contributed by atoms with Gasteiger partial charge in [-0.05, 0) is 51.1 Å². The molecule has 0 unspecified atom stereocenters. The Morgan fingerprint density at radius 3 is 2.56 bits per heavy atom. The van der Waals surface area contributed by atoms with Crippen LogP contribution in [0.2, 0.25) is 0 Å². The molecule has 0 bridgehead atoms. The number of aromatic nitrogens is 1. The van der Waals surface area contributed by atoms with Crippen molar-refractivity contribution >= 4 is 41.3 Å². The van der Waals surface area contributed by atoms with Gasteiger partial charge in [0, 0.05) is 24.5 Å². The van der Waals surface area contributed by atoms with Gasteiger partial charge in [-0.2, -0.15) is 0 Å². The highest BCUT2D eigenvalue weighted by Crippen LogP contribution is 2.21. The minimum Gasteiger partial charge on any atom is -0.370 e. The number of hydrogen-bond donors (Lipinski definition) is 2. The van der Waals surface area contributed by atoms with Crippen molar-refractivity contribution in [2.75, 3.05) is 19.6 Å². The van der Waals surface area contributed by atoms with E-state index in [0.717, 1.165) is 32.6 Å². The fourth-order valence-corrected chi connectivity index (χ4v) is 4.78. The smallest absolute Gasteiger partial charge is 0.188 e. The second-order valence-corrected chi connectivity index (χ2v) is 8.81. The predicted molar refractivity (Wildman–Crippen MR) is 126 cm³/mol. The van der Waals surface area contributed by atoms with Crippen molar-refractivity contribution in [1.29, 1.82) is 0 Å². The van der Waals surface area contributed by atoms with Crippen molar-refractivity contribution in [3.05, 3.63) is 16.1 Å². The number of guanidine groups is 1. The van der Waals surface area contributed by atoms with E-state index in [4.69, 9.17) is 10.7 Å². The number of thiazole rings is 1. The molecule has 1 saturated carbocycles. The monoisotopic (exact) mass is 505 g/mol. The third-order valence-corrected chi connectivity index (χ3v) is 6.76. The third-order valence-electron chi connectivity index (χ3n) is 5.72.